The highest BCUT2D eigenvalue weighted by molar-refractivity contribution is 6.06. The molecule has 2 atom stereocenters. The second kappa shape index (κ2) is 13.0. The van der Waals surface area contributed by atoms with Gasteiger partial charge in [-0.1, -0.05) is 26.8 Å². The standard InChI is InChI=1S/C26H29F4N5O4.CH4/c1-4-16(36)9-14-7-5-6-8-17(14)32-25-31-11-15-12-34(26(37)35(13-20(27)28)24(15)33-25)23-21(29)18(38-2)10-19(39-3)22(23)30;/h4,10-11,14,17,20H,1,5-9,12-13H2,2-3H3,(H,31,32,33);1H4. The first-order chi connectivity index (χ1) is 18.7. The van der Waals surface area contributed by atoms with Gasteiger partial charge in [0.25, 0.3) is 6.43 Å². The van der Waals surface area contributed by atoms with Gasteiger partial charge in [-0.2, -0.15) is 4.98 Å². The monoisotopic (exact) mass is 567 g/mol. The summed E-state index contributed by atoms with van der Waals surface area (Å²) in [6.07, 6.45) is 3.40. The summed E-state index contributed by atoms with van der Waals surface area (Å²) in [5, 5.41) is 3.19. The van der Waals surface area contributed by atoms with Crippen LogP contribution >= 0.6 is 0 Å². The fourth-order valence-electron chi connectivity index (χ4n) is 5.02. The molecule has 2 unspecified atom stereocenters. The van der Waals surface area contributed by atoms with E-state index in [0.717, 1.165) is 46.0 Å². The second-order valence-corrected chi connectivity index (χ2v) is 9.34. The number of anilines is 3. The molecule has 2 heterocycles. The lowest BCUT2D eigenvalue weighted by molar-refractivity contribution is -0.115. The zero-order valence-corrected chi connectivity index (χ0v) is 21.6. The number of urea groups is 1. The van der Waals surface area contributed by atoms with Gasteiger partial charge in [0.15, 0.2) is 28.9 Å². The summed E-state index contributed by atoms with van der Waals surface area (Å²) < 4.78 is 67.5. The van der Waals surface area contributed by atoms with E-state index in [1.54, 1.807) is 0 Å². The van der Waals surface area contributed by atoms with Crippen molar-refractivity contribution in [2.24, 2.45) is 5.92 Å². The van der Waals surface area contributed by atoms with Crippen molar-refractivity contribution in [3.05, 3.63) is 42.1 Å². The number of allylic oxidation sites excluding steroid dienone is 1. The molecule has 0 spiro atoms. The molecule has 4 rings (SSSR count). The van der Waals surface area contributed by atoms with E-state index in [1.165, 1.54) is 12.3 Å². The van der Waals surface area contributed by atoms with Crippen molar-refractivity contribution in [3.8, 4) is 11.5 Å². The molecule has 1 fully saturated rings. The lowest BCUT2D eigenvalue weighted by Crippen LogP contribution is -2.50. The van der Waals surface area contributed by atoms with E-state index in [-0.39, 0.29) is 42.5 Å². The smallest absolute Gasteiger partial charge is 0.330 e. The number of halogens is 4. The van der Waals surface area contributed by atoms with Gasteiger partial charge in [-0.25, -0.2) is 27.3 Å². The van der Waals surface area contributed by atoms with Crippen LogP contribution in [0.5, 0.6) is 11.5 Å². The number of fused-ring (bicyclic) bond motifs is 1. The maximum Gasteiger partial charge on any atom is 0.330 e. The first-order valence-corrected chi connectivity index (χ1v) is 12.4. The molecule has 218 valence electrons. The molecule has 1 aromatic carbocycles. The molecule has 1 aliphatic heterocycles. The van der Waals surface area contributed by atoms with Crippen LogP contribution in [-0.4, -0.2) is 55.0 Å². The number of alkyl halides is 2. The van der Waals surface area contributed by atoms with Crippen molar-refractivity contribution in [1.29, 1.82) is 0 Å². The Bertz CT molecular complexity index is 1230. The average molecular weight is 568 g/mol. The topological polar surface area (TPSA) is 96.9 Å². The van der Waals surface area contributed by atoms with Gasteiger partial charge in [0, 0.05) is 30.3 Å². The highest BCUT2D eigenvalue weighted by Crippen LogP contribution is 2.41. The van der Waals surface area contributed by atoms with Crippen LogP contribution in [0.2, 0.25) is 0 Å². The van der Waals surface area contributed by atoms with Crippen LogP contribution in [0.1, 0.15) is 45.1 Å². The number of amides is 2. The third-order valence-corrected chi connectivity index (χ3v) is 6.94. The number of carbonyl (C=O) groups is 2. The minimum Gasteiger partial charge on any atom is -0.493 e. The number of nitrogens with one attached hydrogen (secondary N) is 1. The van der Waals surface area contributed by atoms with E-state index in [0.29, 0.717) is 16.2 Å². The van der Waals surface area contributed by atoms with Gasteiger partial charge in [-0.05, 0) is 24.8 Å². The number of benzene rings is 1. The maximum atomic E-state index is 15.2. The normalized spacial score (nSPS) is 18.6. The Morgan fingerprint density at radius 3 is 2.45 bits per heavy atom. The highest BCUT2D eigenvalue weighted by atomic mass is 19.3. The molecule has 0 bridgehead atoms. The predicted octanol–water partition coefficient (Wildman–Crippen LogP) is 5.74. The van der Waals surface area contributed by atoms with Gasteiger partial charge in [-0.3, -0.25) is 14.6 Å². The number of ether oxygens (including phenoxy) is 2. The first-order valence-electron chi connectivity index (χ1n) is 12.4. The summed E-state index contributed by atoms with van der Waals surface area (Å²) in [5.74, 6) is -3.25. The molecule has 9 nitrogen and oxygen atoms in total. The van der Waals surface area contributed by atoms with Gasteiger partial charge in [0.2, 0.25) is 5.95 Å². The fraction of sp³-hybridized carbons (Fsp3) is 0.481. The number of hydrogen-bond acceptors (Lipinski definition) is 7. The van der Waals surface area contributed by atoms with Crippen molar-refractivity contribution < 1.29 is 36.6 Å². The number of nitrogens with zero attached hydrogens (tertiary/aromatic N) is 4. The van der Waals surface area contributed by atoms with E-state index in [9.17, 15) is 18.4 Å². The van der Waals surface area contributed by atoms with Crippen LogP contribution in [0.15, 0.2) is 24.9 Å². The average Bonchev–Trinajstić information content (AvgIpc) is 2.92. The quantitative estimate of drug-likeness (QED) is 0.289. The Balaban J connectivity index is 0.00000441. The lowest BCUT2D eigenvalue weighted by atomic mass is 9.81. The van der Waals surface area contributed by atoms with Crippen LogP contribution in [0.4, 0.5) is 39.8 Å². The molecule has 13 heteroatoms. The Labute approximate surface area is 230 Å². The van der Waals surface area contributed by atoms with E-state index in [2.05, 4.69) is 21.9 Å². The number of rotatable bonds is 10. The number of aromatic nitrogens is 2. The Morgan fingerprint density at radius 1 is 1.20 bits per heavy atom. The first kappa shape index (κ1) is 30.6. The Kier molecular flexibility index (Phi) is 9.93. The van der Waals surface area contributed by atoms with Gasteiger partial charge in [0.1, 0.15) is 11.5 Å². The molecule has 0 saturated heterocycles. The molecule has 40 heavy (non-hydrogen) atoms. The lowest BCUT2D eigenvalue weighted by Gasteiger charge is -2.37. The SMILES string of the molecule is C.C=CC(=O)CC1CCCCC1Nc1ncc2c(n1)N(CC(F)F)C(=O)N(c1c(F)c(OC)cc(OC)c1F)C2. The number of ketones is 1. The zero-order chi connectivity index (χ0) is 28.3. The van der Waals surface area contributed by atoms with Crippen molar-refractivity contribution in [1.82, 2.24) is 9.97 Å². The molecule has 2 aromatic rings. The predicted molar refractivity (Wildman–Crippen MR) is 142 cm³/mol. The number of hydrogen-bond donors (Lipinski definition) is 1. The summed E-state index contributed by atoms with van der Waals surface area (Å²) in [6, 6.07) is -0.268. The summed E-state index contributed by atoms with van der Waals surface area (Å²) >= 11 is 0. The van der Waals surface area contributed by atoms with Crippen molar-refractivity contribution in [3.63, 3.8) is 0 Å². The minimum absolute atomic E-state index is 0. The van der Waals surface area contributed by atoms with Crippen molar-refractivity contribution in [2.75, 3.05) is 35.9 Å². The van der Waals surface area contributed by atoms with E-state index >= 15 is 8.78 Å². The van der Waals surface area contributed by atoms with E-state index in [4.69, 9.17) is 9.47 Å². The third kappa shape index (κ3) is 6.13. The van der Waals surface area contributed by atoms with Gasteiger partial charge in [-0.15, -0.1) is 0 Å². The Hall–Kier alpha value is -3.90. The molecule has 0 radical (unpaired) electrons. The van der Waals surface area contributed by atoms with Gasteiger partial charge in [0.05, 0.1) is 27.3 Å². The van der Waals surface area contributed by atoms with Crippen LogP contribution in [0.3, 0.4) is 0 Å². The molecule has 2 amide bonds. The minimum atomic E-state index is -2.96. The van der Waals surface area contributed by atoms with Crippen molar-refractivity contribution >= 4 is 29.3 Å². The van der Waals surface area contributed by atoms with Gasteiger partial charge >= 0.3 is 6.03 Å². The molecule has 2 aliphatic rings. The summed E-state index contributed by atoms with van der Waals surface area (Å²) in [4.78, 5) is 35.4. The van der Waals surface area contributed by atoms with Crippen LogP contribution in [0.25, 0.3) is 0 Å². The molecule has 1 saturated carbocycles. The van der Waals surface area contributed by atoms with Crippen LogP contribution in [-0.2, 0) is 11.3 Å². The molecule has 1 N–H and O–H groups in total. The largest absolute Gasteiger partial charge is 0.493 e. The van der Waals surface area contributed by atoms with Crippen LogP contribution < -0.4 is 24.6 Å². The summed E-state index contributed by atoms with van der Waals surface area (Å²) in [6.45, 7) is 2.07. The van der Waals surface area contributed by atoms with Crippen LogP contribution in [0, 0.1) is 17.6 Å². The van der Waals surface area contributed by atoms with E-state index < -0.39 is 54.4 Å². The van der Waals surface area contributed by atoms with Crippen molar-refractivity contribution in [2.45, 2.75) is 58.5 Å². The molecule has 1 aliphatic carbocycles. The number of carbonyl (C=O) groups excluding carboxylic acids is 2. The van der Waals surface area contributed by atoms with Gasteiger partial charge < -0.3 is 14.8 Å². The molecule has 1 aromatic heterocycles. The third-order valence-electron chi connectivity index (χ3n) is 6.94. The summed E-state index contributed by atoms with van der Waals surface area (Å²) in [7, 11) is 2.31. The highest BCUT2D eigenvalue weighted by Gasteiger charge is 2.39. The molecular weight excluding hydrogens is 534 g/mol. The number of methoxy groups -OCH3 is 2. The van der Waals surface area contributed by atoms with E-state index in [1.807, 2.05) is 0 Å². The fourth-order valence-corrected chi connectivity index (χ4v) is 5.02. The molecular formula is C27H33F4N5O4. The maximum absolute atomic E-state index is 15.2. The second-order valence-electron chi connectivity index (χ2n) is 9.34. The zero-order valence-electron chi connectivity index (χ0n) is 21.6. The Morgan fingerprint density at radius 2 is 1.85 bits per heavy atom. The summed E-state index contributed by atoms with van der Waals surface area (Å²) in [5.41, 5.74) is -0.608.